The summed E-state index contributed by atoms with van der Waals surface area (Å²) in [6.45, 7) is 0.138. The van der Waals surface area contributed by atoms with Crippen LogP contribution in [0.15, 0.2) is 24.3 Å². The number of benzene rings is 1. The minimum atomic E-state index is -0.0569. The molecular formula is C10H9ClN2O2. The smallest absolute Gasteiger partial charge is 0.241 e. The second-order valence-electron chi connectivity index (χ2n) is 2.91. The van der Waals surface area contributed by atoms with Gasteiger partial charge in [-0.15, -0.1) is 10.2 Å². The van der Waals surface area contributed by atoms with Gasteiger partial charge in [0.1, 0.15) is 6.61 Å². The second kappa shape index (κ2) is 4.42. The van der Waals surface area contributed by atoms with Gasteiger partial charge in [-0.05, 0) is 6.07 Å². The average molecular weight is 225 g/mol. The number of hydrogen-bond acceptors (Lipinski definition) is 4. The quantitative estimate of drug-likeness (QED) is 0.862. The third-order valence-corrected chi connectivity index (χ3v) is 2.22. The predicted molar refractivity (Wildman–Crippen MR) is 57.1 cm³/mol. The molecule has 0 aliphatic rings. The summed E-state index contributed by atoms with van der Waals surface area (Å²) >= 11 is 5.88. The van der Waals surface area contributed by atoms with E-state index in [2.05, 4.69) is 10.2 Å². The fourth-order valence-electron chi connectivity index (χ4n) is 1.30. The van der Waals surface area contributed by atoms with E-state index in [1.807, 2.05) is 24.3 Å². The Kier molecular flexibility index (Phi) is 2.99. The van der Waals surface area contributed by atoms with Crippen LogP contribution < -0.4 is 4.74 Å². The normalized spacial score (nSPS) is 10.5. The van der Waals surface area contributed by atoms with Crippen LogP contribution in [-0.4, -0.2) is 28.5 Å². The Bertz CT molecular complexity index is 476. The van der Waals surface area contributed by atoms with E-state index in [4.69, 9.17) is 21.4 Å². The van der Waals surface area contributed by atoms with Crippen LogP contribution >= 0.6 is 11.6 Å². The first kappa shape index (κ1) is 10.1. The van der Waals surface area contributed by atoms with Gasteiger partial charge in [0.05, 0.1) is 6.61 Å². The number of rotatable bonds is 3. The molecule has 5 heteroatoms. The van der Waals surface area contributed by atoms with Gasteiger partial charge in [-0.1, -0.05) is 29.8 Å². The van der Waals surface area contributed by atoms with Crippen molar-refractivity contribution in [2.24, 2.45) is 0 Å². The number of halogens is 1. The van der Waals surface area contributed by atoms with E-state index in [9.17, 15) is 0 Å². The number of aliphatic hydroxyl groups is 1. The molecule has 0 unspecified atom stereocenters. The molecule has 1 N–H and O–H groups in total. The molecule has 1 aromatic heterocycles. The lowest BCUT2D eigenvalue weighted by molar-refractivity contribution is 0.197. The zero-order valence-corrected chi connectivity index (χ0v) is 8.61. The summed E-state index contributed by atoms with van der Waals surface area (Å²) in [6.07, 6.45) is 0. The van der Waals surface area contributed by atoms with Crippen molar-refractivity contribution in [3.63, 3.8) is 0 Å². The predicted octanol–water partition coefficient (Wildman–Crippen LogP) is 1.65. The summed E-state index contributed by atoms with van der Waals surface area (Å²) in [6, 6.07) is 7.43. The fraction of sp³-hybridized carbons (Fsp3) is 0.200. The van der Waals surface area contributed by atoms with Gasteiger partial charge in [0.2, 0.25) is 5.88 Å². The number of ether oxygens (including phenoxy) is 1. The molecule has 2 aromatic rings. The van der Waals surface area contributed by atoms with Gasteiger partial charge in [-0.3, -0.25) is 0 Å². The molecule has 78 valence electrons. The maximum absolute atomic E-state index is 8.65. The van der Waals surface area contributed by atoms with Crippen molar-refractivity contribution in [1.82, 2.24) is 10.2 Å². The monoisotopic (exact) mass is 224 g/mol. The van der Waals surface area contributed by atoms with E-state index in [1.165, 1.54) is 0 Å². The van der Waals surface area contributed by atoms with E-state index >= 15 is 0 Å². The van der Waals surface area contributed by atoms with Crippen molar-refractivity contribution in [2.75, 3.05) is 13.2 Å². The van der Waals surface area contributed by atoms with E-state index < -0.39 is 0 Å². The molecule has 0 saturated heterocycles. The highest BCUT2D eigenvalue weighted by atomic mass is 35.5. The first-order valence-corrected chi connectivity index (χ1v) is 4.85. The Morgan fingerprint density at radius 2 is 1.93 bits per heavy atom. The Labute approximate surface area is 91.5 Å². The lowest BCUT2D eigenvalue weighted by atomic mass is 10.2. The summed E-state index contributed by atoms with van der Waals surface area (Å²) in [5, 5.41) is 18.2. The molecule has 15 heavy (non-hydrogen) atoms. The van der Waals surface area contributed by atoms with Crippen LogP contribution in [0.2, 0.25) is 5.15 Å². The summed E-state index contributed by atoms with van der Waals surface area (Å²) in [7, 11) is 0. The van der Waals surface area contributed by atoms with Crippen molar-refractivity contribution < 1.29 is 9.84 Å². The van der Waals surface area contributed by atoms with Crippen molar-refractivity contribution in [2.45, 2.75) is 0 Å². The highest BCUT2D eigenvalue weighted by Gasteiger charge is 2.07. The van der Waals surface area contributed by atoms with E-state index in [1.54, 1.807) is 0 Å². The van der Waals surface area contributed by atoms with Gasteiger partial charge < -0.3 is 9.84 Å². The highest BCUT2D eigenvalue weighted by Crippen LogP contribution is 2.26. The highest BCUT2D eigenvalue weighted by molar-refractivity contribution is 6.34. The maximum atomic E-state index is 8.65. The van der Waals surface area contributed by atoms with E-state index in [0.29, 0.717) is 11.0 Å². The molecule has 0 bridgehead atoms. The second-order valence-corrected chi connectivity index (χ2v) is 3.27. The molecule has 0 spiro atoms. The van der Waals surface area contributed by atoms with Crippen LogP contribution in [0.5, 0.6) is 5.88 Å². The van der Waals surface area contributed by atoms with Crippen molar-refractivity contribution in [1.29, 1.82) is 0 Å². The summed E-state index contributed by atoms with van der Waals surface area (Å²) in [4.78, 5) is 0. The average Bonchev–Trinajstić information content (AvgIpc) is 2.29. The van der Waals surface area contributed by atoms with Gasteiger partial charge >= 0.3 is 0 Å². The molecule has 2 rings (SSSR count). The molecule has 1 aromatic carbocycles. The minimum Gasteiger partial charge on any atom is -0.474 e. The molecule has 0 aliphatic heterocycles. The Hall–Kier alpha value is -1.39. The summed E-state index contributed by atoms with van der Waals surface area (Å²) in [5.74, 6) is 0.393. The molecule has 0 radical (unpaired) electrons. The fourth-order valence-corrected chi connectivity index (χ4v) is 1.50. The Balaban J connectivity index is 2.51. The van der Waals surface area contributed by atoms with E-state index in [0.717, 1.165) is 10.8 Å². The van der Waals surface area contributed by atoms with Crippen LogP contribution in [0.25, 0.3) is 10.8 Å². The molecule has 1 heterocycles. The zero-order chi connectivity index (χ0) is 10.7. The van der Waals surface area contributed by atoms with Crippen LogP contribution in [0.4, 0.5) is 0 Å². The molecule has 0 saturated carbocycles. The maximum Gasteiger partial charge on any atom is 0.241 e. The van der Waals surface area contributed by atoms with Crippen molar-refractivity contribution in [3.05, 3.63) is 29.4 Å². The van der Waals surface area contributed by atoms with Crippen molar-refractivity contribution >= 4 is 22.4 Å². The molecule has 0 fully saturated rings. The Morgan fingerprint density at radius 1 is 1.20 bits per heavy atom. The largest absolute Gasteiger partial charge is 0.474 e. The van der Waals surface area contributed by atoms with Gasteiger partial charge in [0.15, 0.2) is 5.15 Å². The number of nitrogens with zero attached hydrogens (tertiary/aromatic N) is 2. The SMILES string of the molecule is OCCOc1nnc(Cl)c2ccccc12. The van der Waals surface area contributed by atoms with E-state index in [-0.39, 0.29) is 13.2 Å². The standard InChI is InChI=1S/C10H9ClN2O2/c11-9-7-3-1-2-4-8(7)10(13-12-9)15-6-5-14/h1-4,14H,5-6H2. The van der Waals surface area contributed by atoms with Gasteiger partial charge in [-0.25, -0.2) is 0 Å². The lowest BCUT2D eigenvalue weighted by Gasteiger charge is -2.06. The van der Waals surface area contributed by atoms with Crippen LogP contribution in [-0.2, 0) is 0 Å². The summed E-state index contributed by atoms with van der Waals surface area (Å²) < 4.78 is 5.24. The first-order valence-electron chi connectivity index (χ1n) is 4.47. The molecule has 0 aliphatic carbocycles. The summed E-state index contributed by atoms with van der Waals surface area (Å²) in [5.41, 5.74) is 0. The van der Waals surface area contributed by atoms with Crippen molar-refractivity contribution in [3.8, 4) is 5.88 Å². The van der Waals surface area contributed by atoms with Crippen LogP contribution in [0, 0.1) is 0 Å². The molecule has 0 amide bonds. The van der Waals surface area contributed by atoms with Crippen LogP contribution in [0.3, 0.4) is 0 Å². The third-order valence-electron chi connectivity index (χ3n) is 1.94. The Morgan fingerprint density at radius 3 is 2.67 bits per heavy atom. The van der Waals surface area contributed by atoms with Crippen LogP contribution in [0.1, 0.15) is 0 Å². The zero-order valence-electron chi connectivity index (χ0n) is 7.85. The van der Waals surface area contributed by atoms with Gasteiger partial charge in [0, 0.05) is 10.8 Å². The van der Waals surface area contributed by atoms with Gasteiger partial charge in [-0.2, -0.15) is 0 Å². The number of aromatic nitrogens is 2. The number of fused-ring (bicyclic) bond motifs is 1. The third kappa shape index (κ3) is 2.00. The topological polar surface area (TPSA) is 55.2 Å². The minimum absolute atomic E-state index is 0.0569. The van der Waals surface area contributed by atoms with Gasteiger partial charge in [0.25, 0.3) is 0 Å². The number of aliphatic hydroxyl groups excluding tert-OH is 1. The molecule has 4 nitrogen and oxygen atoms in total. The lowest BCUT2D eigenvalue weighted by Crippen LogP contribution is -2.04. The molecule has 0 atom stereocenters. The molecular weight excluding hydrogens is 216 g/mol. The number of hydrogen-bond donors (Lipinski definition) is 1. The first-order chi connectivity index (χ1) is 7.33.